The van der Waals surface area contributed by atoms with Crippen molar-refractivity contribution in [1.29, 1.82) is 0 Å². The molecule has 3 heterocycles. The summed E-state index contributed by atoms with van der Waals surface area (Å²) in [6, 6.07) is 5.53. The first-order chi connectivity index (χ1) is 10.2. The van der Waals surface area contributed by atoms with Gasteiger partial charge in [-0.2, -0.15) is 9.61 Å². The minimum absolute atomic E-state index is 0.0138. The van der Waals surface area contributed by atoms with Gasteiger partial charge in [0.1, 0.15) is 16.9 Å². The summed E-state index contributed by atoms with van der Waals surface area (Å²) in [5, 5.41) is 23.6. The summed E-state index contributed by atoms with van der Waals surface area (Å²) >= 11 is 3.55. The minimum Gasteiger partial charge on any atom is -0.507 e. The molecular formula is C13H11IN4O2S. The Balaban J connectivity index is 1.78. The van der Waals surface area contributed by atoms with Crippen molar-refractivity contribution in [3.05, 3.63) is 27.6 Å². The largest absolute Gasteiger partial charge is 0.507 e. The molecule has 0 aliphatic carbocycles. The normalized spacial score (nSPS) is 18.6. The van der Waals surface area contributed by atoms with Crippen molar-refractivity contribution in [1.82, 2.24) is 19.8 Å². The number of fused-ring (bicyclic) bond motifs is 1. The Morgan fingerprint density at radius 2 is 2.29 bits per heavy atom. The van der Waals surface area contributed by atoms with Crippen LogP contribution in [0.25, 0.3) is 15.5 Å². The van der Waals surface area contributed by atoms with Crippen molar-refractivity contribution in [3.63, 3.8) is 0 Å². The van der Waals surface area contributed by atoms with Crippen molar-refractivity contribution in [2.75, 3.05) is 6.61 Å². The van der Waals surface area contributed by atoms with Gasteiger partial charge in [0.05, 0.1) is 3.57 Å². The highest BCUT2D eigenvalue weighted by Gasteiger charge is 2.25. The molecule has 1 aliphatic heterocycles. The zero-order valence-electron chi connectivity index (χ0n) is 10.9. The van der Waals surface area contributed by atoms with E-state index in [9.17, 15) is 5.11 Å². The molecule has 0 saturated carbocycles. The fourth-order valence-electron chi connectivity index (χ4n) is 2.38. The lowest BCUT2D eigenvalue weighted by atomic mass is 10.2. The lowest BCUT2D eigenvalue weighted by molar-refractivity contribution is 0.103. The third kappa shape index (κ3) is 2.30. The smallest absolute Gasteiger partial charge is 0.235 e. The monoisotopic (exact) mass is 414 g/mol. The van der Waals surface area contributed by atoms with E-state index in [1.807, 2.05) is 12.1 Å². The number of benzene rings is 1. The highest BCUT2D eigenvalue weighted by Crippen LogP contribution is 2.33. The molecule has 1 aromatic carbocycles. The summed E-state index contributed by atoms with van der Waals surface area (Å²) < 4.78 is 8.23. The molecule has 1 unspecified atom stereocenters. The third-order valence-electron chi connectivity index (χ3n) is 3.43. The predicted molar refractivity (Wildman–Crippen MR) is 86.4 cm³/mol. The predicted octanol–water partition coefficient (Wildman–Crippen LogP) is 3.01. The molecule has 21 heavy (non-hydrogen) atoms. The first-order valence-corrected chi connectivity index (χ1v) is 8.44. The molecule has 8 heteroatoms. The van der Waals surface area contributed by atoms with Crippen molar-refractivity contribution < 1.29 is 9.84 Å². The second-order valence-electron chi connectivity index (χ2n) is 4.83. The van der Waals surface area contributed by atoms with Crippen LogP contribution in [0.2, 0.25) is 0 Å². The lowest BCUT2D eigenvalue weighted by Crippen LogP contribution is -2.03. The average Bonchev–Trinajstić information content (AvgIpc) is 3.16. The molecule has 1 N–H and O–H groups in total. The van der Waals surface area contributed by atoms with Crippen LogP contribution in [-0.2, 0) is 4.74 Å². The van der Waals surface area contributed by atoms with Crippen LogP contribution in [0, 0.1) is 3.57 Å². The van der Waals surface area contributed by atoms with Crippen LogP contribution >= 0.6 is 33.9 Å². The molecule has 0 radical (unpaired) electrons. The minimum atomic E-state index is -0.0138. The Labute approximate surface area is 137 Å². The summed E-state index contributed by atoms with van der Waals surface area (Å²) in [6.45, 7) is 0.765. The first kappa shape index (κ1) is 13.4. The Morgan fingerprint density at radius 1 is 1.38 bits per heavy atom. The first-order valence-electron chi connectivity index (χ1n) is 6.55. The standard InChI is InChI=1S/C13H11IN4O2S/c14-8-4-3-7(6-9(8)19)12-17-18-11(10-2-1-5-20-10)15-16-13(18)21-12/h3-4,6,10,19H,1-2,5H2. The Kier molecular flexibility index (Phi) is 3.31. The summed E-state index contributed by atoms with van der Waals surface area (Å²) in [7, 11) is 0. The summed E-state index contributed by atoms with van der Waals surface area (Å²) in [5.74, 6) is 1.03. The van der Waals surface area contributed by atoms with Crippen LogP contribution in [0.1, 0.15) is 24.8 Å². The Hall–Kier alpha value is -1.26. The number of hydrogen-bond donors (Lipinski definition) is 1. The number of rotatable bonds is 2. The number of hydrogen-bond acceptors (Lipinski definition) is 6. The van der Waals surface area contributed by atoms with Crippen molar-refractivity contribution in [2.24, 2.45) is 0 Å². The molecule has 1 fully saturated rings. The van der Waals surface area contributed by atoms with Crippen LogP contribution in [0.4, 0.5) is 0 Å². The lowest BCUT2D eigenvalue weighted by Gasteiger charge is -2.04. The molecular weight excluding hydrogens is 403 g/mol. The molecule has 108 valence electrons. The highest BCUT2D eigenvalue weighted by atomic mass is 127. The quantitative estimate of drug-likeness (QED) is 0.653. The Morgan fingerprint density at radius 3 is 3.05 bits per heavy atom. The van der Waals surface area contributed by atoms with Gasteiger partial charge in [-0.3, -0.25) is 0 Å². The molecule has 0 bridgehead atoms. The van der Waals surface area contributed by atoms with Crippen LogP contribution < -0.4 is 0 Å². The van der Waals surface area contributed by atoms with Crippen molar-refractivity contribution >= 4 is 38.9 Å². The van der Waals surface area contributed by atoms with Gasteiger partial charge in [-0.25, -0.2) is 0 Å². The van der Waals surface area contributed by atoms with E-state index in [0.29, 0.717) is 0 Å². The Bertz CT molecular complexity index is 810. The van der Waals surface area contributed by atoms with Gasteiger partial charge in [-0.15, -0.1) is 10.2 Å². The fraction of sp³-hybridized carbons (Fsp3) is 0.308. The van der Waals surface area contributed by atoms with Gasteiger partial charge in [-0.1, -0.05) is 17.4 Å². The molecule has 1 atom stereocenters. The highest BCUT2D eigenvalue weighted by molar-refractivity contribution is 14.1. The van der Waals surface area contributed by atoms with Gasteiger partial charge in [-0.05, 0) is 47.6 Å². The average molecular weight is 414 g/mol. The van der Waals surface area contributed by atoms with Crippen LogP contribution in [-0.4, -0.2) is 31.5 Å². The van der Waals surface area contributed by atoms with E-state index in [4.69, 9.17) is 4.74 Å². The number of aromatic hydroxyl groups is 1. The van der Waals surface area contributed by atoms with Gasteiger partial charge in [0.15, 0.2) is 5.82 Å². The van der Waals surface area contributed by atoms with E-state index in [0.717, 1.165) is 44.4 Å². The second kappa shape index (κ2) is 5.18. The second-order valence-corrected chi connectivity index (χ2v) is 6.95. The maximum atomic E-state index is 9.83. The molecule has 6 nitrogen and oxygen atoms in total. The number of ether oxygens (including phenoxy) is 1. The zero-order valence-corrected chi connectivity index (χ0v) is 13.8. The number of aromatic nitrogens is 4. The van der Waals surface area contributed by atoms with Gasteiger partial charge in [0, 0.05) is 12.2 Å². The van der Waals surface area contributed by atoms with Crippen LogP contribution in [0.3, 0.4) is 0 Å². The van der Waals surface area contributed by atoms with Crippen LogP contribution in [0.5, 0.6) is 5.75 Å². The maximum Gasteiger partial charge on any atom is 0.235 e. The van der Waals surface area contributed by atoms with E-state index in [2.05, 4.69) is 37.9 Å². The van der Waals surface area contributed by atoms with Gasteiger partial charge in [0.25, 0.3) is 0 Å². The molecule has 3 aromatic rings. The van der Waals surface area contributed by atoms with Gasteiger partial charge < -0.3 is 9.84 Å². The summed E-state index contributed by atoms with van der Waals surface area (Å²) in [6.07, 6.45) is 1.99. The van der Waals surface area contributed by atoms with E-state index < -0.39 is 0 Å². The van der Waals surface area contributed by atoms with E-state index in [1.54, 1.807) is 10.6 Å². The number of halogens is 1. The summed E-state index contributed by atoms with van der Waals surface area (Å²) in [5.41, 5.74) is 0.877. The molecule has 1 aliphatic rings. The van der Waals surface area contributed by atoms with E-state index in [-0.39, 0.29) is 11.9 Å². The molecule has 4 rings (SSSR count). The number of nitrogens with zero attached hydrogens (tertiary/aromatic N) is 4. The SMILES string of the molecule is Oc1cc(-c2nn3c(C4CCCO4)nnc3s2)ccc1I. The van der Waals surface area contributed by atoms with E-state index >= 15 is 0 Å². The maximum absolute atomic E-state index is 9.83. The van der Waals surface area contributed by atoms with Gasteiger partial charge >= 0.3 is 0 Å². The van der Waals surface area contributed by atoms with E-state index in [1.165, 1.54) is 11.3 Å². The molecule has 1 saturated heterocycles. The molecule has 0 spiro atoms. The third-order valence-corrected chi connectivity index (χ3v) is 5.29. The number of phenols is 1. The topological polar surface area (TPSA) is 72.5 Å². The summed E-state index contributed by atoms with van der Waals surface area (Å²) in [4.78, 5) is 0.744. The molecule has 0 amide bonds. The van der Waals surface area contributed by atoms with Crippen molar-refractivity contribution in [3.8, 4) is 16.3 Å². The van der Waals surface area contributed by atoms with Crippen LogP contribution in [0.15, 0.2) is 18.2 Å². The fourth-order valence-corrected chi connectivity index (χ4v) is 3.55. The van der Waals surface area contributed by atoms with Crippen molar-refractivity contribution in [2.45, 2.75) is 18.9 Å². The zero-order chi connectivity index (χ0) is 14.4. The van der Waals surface area contributed by atoms with Gasteiger partial charge in [0.2, 0.25) is 4.96 Å². The number of phenolic OH excluding ortho intramolecular Hbond substituents is 1. The molecule has 2 aromatic heterocycles.